The molecule has 0 spiro atoms. The van der Waals surface area contributed by atoms with Gasteiger partial charge in [-0.15, -0.1) is 12.4 Å². The lowest BCUT2D eigenvalue weighted by molar-refractivity contribution is 0.184. The Balaban J connectivity index is 0.00000264. The number of nitrogens with one attached hydrogen (secondary N) is 2. The molecular formula is C17H26Cl3N3. The van der Waals surface area contributed by atoms with E-state index in [1.807, 2.05) is 6.07 Å². The average molecular weight is 379 g/mol. The average Bonchev–Trinajstić information content (AvgIpc) is 2.78. The topological polar surface area (TPSA) is 36.4 Å². The quantitative estimate of drug-likeness (QED) is 0.684. The lowest BCUT2D eigenvalue weighted by atomic mass is 9.74. The van der Waals surface area contributed by atoms with Gasteiger partial charge < -0.3 is 10.6 Å². The van der Waals surface area contributed by atoms with Gasteiger partial charge in [0.2, 0.25) is 0 Å². The molecule has 1 saturated heterocycles. The molecule has 2 unspecified atom stereocenters. The number of guanidine groups is 1. The van der Waals surface area contributed by atoms with Crippen molar-refractivity contribution in [2.24, 2.45) is 15.8 Å². The molecule has 1 aliphatic heterocycles. The lowest BCUT2D eigenvalue weighted by Crippen LogP contribution is -2.50. The van der Waals surface area contributed by atoms with Gasteiger partial charge in [0.1, 0.15) is 5.69 Å². The summed E-state index contributed by atoms with van der Waals surface area (Å²) < 4.78 is 0. The van der Waals surface area contributed by atoms with Gasteiger partial charge in [-0.1, -0.05) is 70.8 Å². The fraction of sp³-hybridized carbons (Fsp3) is 0.588. The molecule has 0 bridgehead atoms. The van der Waals surface area contributed by atoms with E-state index in [2.05, 4.69) is 57.2 Å². The molecule has 0 saturated carbocycles. The lowest BCUT2D eigenvalue weighted by Gasteiger charge is -2.38. The third kappa shape index (κ3) is 4.68. The zero-order chi connectivity index (χ0) is 16.7. The van der Waals surface area contributed by atoms with E-state index in [1.54, 1.807) is 12.1 Å². The van der Waals surface area contributed by atoms with Crippen molar-refractivity contribution in [3.63, 3.8) is 0 Å². The Bertz CT molecular complexity index is 541. The highest BCUT2D eigenvalue weighted by Gasteiger charge is 2.44. The molecule has 23 heavy (non-hydrogen) atoms. The van der Waals surface area contributed by atoms with Crippen LogP contribution in [-0.2, 0) is 0 Å². The van der Waals surface area contributed by atoms with Crippen molar-refractivity contribution >= 4 is 47.3 Å². The smallest absolute Gasteiger partial charge is 0.197 e. The van der Waals surface area contributed by atoms with E-state index in [1.165, 1.54) is 0 Å². The number of aliphatic imine (C=N–C) groups is 1. The zero-order valence-electron chi connectivity index (χ0n) is 14.5. The molecule has 130 valence electrons. The van der Waals surface area contributed by atoms with Gasteiger partial charge in [0.15, 0.2) is 5.96 Å². The van der Waals surface area contributed by atoms with Crippen LogP contribution in [0.15, 0.2) is 23.2 Å². The molecular weight excluding hydrogens is 353 g/mol. The summed E-state index contributed by atoms with van der Waals surface area (Å²) in [6, 6.07) is 5.95. The Labute approximate surface area is 155 Å². The summed E-state index contributed by atoms with van der Waals surface area (Å²) in [5.74, 6) is 0.731. The van der Waals surface area contributed by atoms with Crippen LogP contribution in [0.4, 0.5) is 5.69 Å². The maximum absolute atomic E-state index is 6.21. The van der Waals surface area contributed by atoms with Gasteiger partial charge in [0, 0.05) is 0 Å². The number of benzene rings is 1. The van der Waals surface area contributed by atoms with Crippen molar-refractivity contribution in [2.45, 2.75) is 53.6 Å². The second-order valence-corrected chi connectivity index (χ2v) is 8.82. The van der Waals surface area contributed by atoms with Crippen molar-refractivity contribution in [2.75, 3.05) is 0 Å². The van der Waals surface area contributed by atoms with Gasteiger partial charge in [0.05, 0.1) is 22.1 Å². The first-order valence-corrected chi connectivity index (χ1v) is 8.31. The second kappa shape index (κ2) is 7.08. The minimum Gasteiger partial charge on any atom is -0.351 e. The second-order valence-electron chi connectivity index (χ2n) is 8.01. The molecule has 3 nitrogen and oxygen atoms in total. The molecule has 2 N–H and O–H groups in total. The van der Waals surface area contributed by atoms with Crippen LogP contribution < -0.4 is 10.6 Å². The predicted octanol–water partition coefficient (Wildman–Crippen LogP) is 5.42. The Morgan fingerprint density at radius 2 is 1.26 bits per heavy atom. The SMILES string of the molecule is CC(C)(C)C1NC(=Nc2c(Cl)cccc2Cl)NC1C(C)(C)C.Cl. The van der Waals surface area contributed by atoms with Gasteiger partial charge in [-0.2, -0.15) is 0 Å². The third-order valence-corrected chi connectivity index (χ3v) is 4.55. The minimum absolute atomic E-state index is 0. The molecule has 6 heteroatoms. The highest BCUT2D eigenvalue weighted by molar-refractivity contribution is 6.38. The molecule has 0 aliphatic carbocycles. The molecule has 2 atom stereocenters. The van der Waals surface area contributed by atoms with Crippen molar-refractivity contribution in [1.29, 1.82) is 0 Å². The van der Waals surface area contributed by atoms with Crippen LogP contribution in [0.3, 0.4) is 0 Å². The van der Waals surface area contributed by atoms with Crippen LogP contribution in [0.2, 0.25) is 10.0 Å². The number of para-hydroxylation sites is 1. The Kier molecular flexibility index (Phi) is 6.28. The van der Waals surface area contributed by atoms with Crippen molar-refractivity contribution in [3.8, 4) is 0 Å². The molecule has 2 rings (SSSR count). The van der Waals surface area contributed by atoms with Crippen molar-refractivity contribution in [1.82, 2.24) is 10.6 Å². The first-order chi connectivity index (χ1) is 10.00. The fourth-order valence-electron chi connectivity index (χ4n) is 2.71. The summed E-state index contributed by atoms with van der Waals surface area (Å²) in [5, 5.41) is 8.13. The summed E-state index contributed by atoms with van der Waals surface area (Å²) in [6.07, 6.45) is 0. The summed E-state index contributed by atoms with van der Waals surface area (Å²) >= 11 is 12.4. The van der Waals surface area contributed by atoms with Gasteiger partial charge in [0.25, 0.3) is 0 Å². The van der Waals surface area contributed by atoms with Gasteiger partial charge in [-0.25, -0.2) is 4.99 Å². The highest BCUT2D eigenvalue weighted by atomic mass is 35.5. The van der Waals surface area contributed by atoms with E-state index in [0.29, 0.717) is 15.7 Å². The van der Waals surface area contributed by atoms with E-state index < -0.39 is 0 Å². The summed E-state index contributed by atoms with van der Waals surface area (Å²) in [5.41, 5.74) is 0.807. The van der Waals surface area contributed by atoms with E-state index in [4.69, 9.17) is 23.2 Å². The molecule has 1 heterocycles. The fourth-order valence-corrected chi connectivity index (χ4v) is 3.19. The minimum atomic E-state index is 0. The normalized spacial score (nSPS) is 21.3. The number of hydrogen-bond acceptors (Lipinski definition) is 1. The van der Waals surface area contributed by atoms with Crippen LogP contribution in [0.1, 0.15) is 41.5 Å². The van der Waals surface area contributed by atoms with Crippen LogP contribution >= 0.6 is 35.6 Å². The molecule has 1 aromatic rings. The molecule has 1 fully saturated rings. The Morgan fingerprint density at radius 3 is 1.61 bits per heavy atom. The van der Waals surface area contributed by atoms with Crippen LogP contribution in [0.5, 0.6) is 0 Å². The zero-order valence-corrected chi connectivity index (χ0v) is 16.8. The van der Waals surface area contributed by atoms with Gasteiger partial charge >= 0.3 is 0 Å². The van der Waals surface area contributed by atoms with Crippen molar-refractivity contribution in [3.05, 3.63) is 28.2 Å². The van der Waals surface area contributed by atoms with Crippen LogP contribution in [0.25, 0.3) is 0 Å². The highest BCUT2D eigenvalue weighted by Crippen LogP contribution is 2.36. The maximum Gasteiger partial charge on any atom is 0.197 e. The first-order valence-electron chi connectivity index (χ1n) is 7.56. The molecule has 1 aliphatic rings. The van der Waals surface area contributed by atoms with E-state index in [0.717, 1.165) is 5.96 Å². The van der Waals surface area contributed by atoms with Crippen LogP contribution in [0, 0.1) is 10.8 Å². The summed E-state index contributed by atoms with van der Waals surface area (Å²) in [4.78, 5) is 4.62. The third-order valence-electron chi connectivity index (χ3n) is 3.94. The van der Waals surface area contributed by atoms with E-state index in [-0.39, 0.29) is 35.3 Å². The largest absolute Gasteiger partial charge is 0.351 e. The molecule has 1 aromatic carbocycles. The predicted molar refractivity (Wildman–Crippen MR) is 104 cm³/mol. The molecule has 0 aromatic heterocycles. The van der Waals surface area contributed by atoms with Crippen molar-refractivity contribution < 1.29 is 0 Å². The standard InChI is InChI=1S/C17H25Cl2N3.ClH/c1-16(2,3)13-14(17(4,5)6)22-15(21-13)20-12-10(18)8-7-9-11(12)19;/h7-9,13-14H,1-6H3,(H2,20,21,22);1H. The van der Waals surface area contributed by atoms with Gasteiger partial charge in [-0.3, -0.25) is 0 Å². The number of nitrogens with zero attached hydrogens (tertiary/aromatic N) is 1. The summed E-state index contributed by atoms with van der Waals surface area (Å²) in [6.45, 7) is 13.4. The molecule has 0 radical (unpaired) electrons. The first kappa shape index (κ1) is 20.4. The monoisotopic (exact) mass is 377 g/mol. The van der Waals surface area contributed by atoms with E-state index >= 15 is 0 Å². The van der Waals surface area contributed by atoms with Crippen LogP contribution in [-0.4, -0.2) is 18.0 Å². The maximum atomic E-state index is 6.21. The number of rotatable bonds is 1. The Hall–Kier alpha value is -0.640. The summed E-state index contributed by atoms with van der Waals surface area (Å²) in [7, 11) is 0. The number of hydrogen-bond donors (Lipinski definition) is 2. The van der Waals surface area contributed by atoms with Gasteiger partial charge in [-0.05, 0) is 23.0 Å². The Morgan fingerprint density at radius 1 is 0.870 bits per heavy atom. The number of halogens is 3. The van der Waals surface area contributed by atoms with E-state index in [9.17, 15) is 0 Å². The molecule has 0 amide bonds.